The minimum atomic E-state index is -0.423. The first-order valence-corrected chi connectivity index (χ1v) is 7.51. The van der Waals surface area contributed by atoms with E-state index in [4.69, 9.17) is 9.47 Å². The summed E-state index contributed by atoms with van der Waals surface area (Å²) in [6.45, 7) is 4.93. The maximum absolute atomic E-state index is 11.9. The molecule has 5 heteroatoms. The zero-order chi connectivity index (χ0) is 15.1. The Morgan fingerprint density at radius 3 is 2.81 bits per heavy atom. The Hall–Kier alpha value is -1.75. The van der Waals surface area contributed by atoms with Gasteiger partial charge in [-0.25, -0.2) is 4.79 Å². The predicted molar refractivity (Wildman–Crippen MR) is 82.9 cm³/mol. The number of hydrogen-bond acceptors (Lipinski definition) is 4. The largest absolute Gasteiger partial charge is 0.497 e. The molecular formula is C16H24N2O3. The smallest absolute Gasteiger partial charge is 0.411 e. The van der Waals surface area contributed by atoms with Crippen molar-refractivity contribution in [1.29, 1.82) is 0 Å². The number of carbonyl (C=O) groups is 1. The van der Waals surface area contributed by atoms with Crippen LogP contribution in [0.15, 0.2) is 24.3 Å². The van der Waals surface area contributed by atoms with E-state index in [0.717, 1.165) is 19.6 Å². The van der Waals surface area contributed by atoms with Crippen LogP contribution in [0.5, 0.6) is 5.75 Å². The lowest BCUT2D eigenvalue weighted by molar-refractivity contribution is 0.0833. The lowest BCUT2D eigenvalue weighted by Crippen LogP contribution is -2.37. The standard InChI is InChI=1S/C16H24N2O3/c1-13(12-18-9-4-3-5-10-18)21-16(19)17-14-7-6-8-15(11-14)20-2/h6-8,11,13H,3-5,9-10,12H2,1-2H3,(H,17,19)/t13-/m0/s1. The highest BCUT2D eigenvalue weighted by Gasteiger charge is 2.16. The van der Waals surface area contributed by atoms with Crippen LogP contribution in [0.2, 0.25) is 0 Å². The van der Waals surface area contributed by atoms with E-state index in [0.29, 0.717) is 11.4 Å². The topological polar surface area (TPSA) is 50.8 Å². The number of rotatable bonds is 5. The number of nitrogens with zero attached hydrogens (tertiary/aromatic N) is 1. The molecule has 116 valence electrons. The van der Waals surface area contributed by atoms with Crippen LogP contribution in [0.3, 0.4) is 0 Å². The second-order valence-electron chi connectivity index (χ2n) is 5.43. The molecule has 0 radical (unpaired) electrons. The molecule has 1 aromatic rings. The number of methoxy groups -OCH3 is 1. The van der Waals surface area contributed by atoms with E-state index < -0.39 is 6.09 Å². The van der Waals surface area contributed by atoms with Crippen molar-refractivity contribution in [3.05, 3.63) is 24.3 Å². The van der Waals surface area contributed by atoms with Gasteiger partial charge in [-0.2, -0.15) is 0 Å². The molecular weight excluding hydrogens is 268 g/mol. The van der Waals surface area contributed by atoms with Crippen LogP contribution in [0.25, 0.3) is 0 Å². The van der Waals surface area contributed by atoms with E-state index in [1.165, 1.54) is 19.3 Å². The number of anilines is 1. The zero-order valence-corrected chi connectivity index (χ0v) is 12.8. The van der Waals surface area contributed by atoms with Gasteiger partial charge in [0.2, 0.25) is 0 Å². The third-order valence-corrected chi connectivity index (χ3v) is 3.59. The van der Waals surface area contributed by atoms with E-state index >= 15 is 0 Å². The third kappa shape index (κ3) is 5.27. The second kappa shape index (κ2) is 7.88. The van der Waals surface area contributed by atoms with Crippen molar-refractivity contribution in [1.82, 2.24) is 4.90 Å². The molecule has 1 aromatic carbocycles. The molecule has 0 unspecified atom stereocenters. The van der Waals surface area contributed by atoms with Gasteiger partial charge >= 0.3 is 6.09 Å². The maximum Gasteiger partial charge on any atom is 0.411 e. The van der Waals surface area contributed by atoms with E-state index in [2.05, 4.69) is 10.2 Å². The van der Waals surface area contributed by atoms with Crippen molar-refractivity contribution < 1.29 is 14.3 Å². The van der Waals surface area contributed by atoms with Crippen molar-refractivity contribution in [3.8, 4) is 5.75 Å². The van der Waals surface area contributed by atoms with Crippen LogP contribution in [-0.2, 0) is 4.74 Å². The summed E-state index contributed by atoms with van der Waals surface area (Å²) in [7, 11) is 1.60. The van der Waals surface area contributed by atoms with Gasteiger partial charge in [0, 0.05) is 18.3 Å². The highest BCUT2D eigenvalue weighted by atomic mass is 16.6. The van der Waals surface area contributed by atoms with Gasteiger partial charge in [0.15, 0.2) is 0 Å². The fourth-order valence-corrected chi connectivity index (χ4v) is 2.57. The molecule has 1 N–H and O–H groups in total. The summed E-state index contributed by atoms with van der Waals surface area (Å²) in [4.78, 5) is 14.2. The molecule has 1 aliphatic heterocycles. The first-order chi connectivity index (χ1) is 10.2. The Bertz CT molecular complexity index is 459. The van der Waals surface area contributed by atoms with Crippen LogP contribution in [-0.4, -0.2) is 43.8 Å². The number of piperidine rings is 1. The quantitative estimate of drug-likeness (QED) is 0.906. The summed E-state index contributed by atoms with van der Waals surface area (Å²) in [5.74, 6) is 0.703. The summed E-state index contributed by atoms with van der Waals surface area (Å²) < 4.78 is 10.5. The molecule has 0 saturated carbocycles. The van der Waals surface area contributed by atoms with Gasteiger partial charge in [-0.3, -0.25) is 10.2 Å². The number of likely N-dealkylation sites (tertiary alicyclic amines) is 1. The van der Waals surface area contributed by atoms with Crippen LogP contribution < -0.4 is 10.1 Å². The Balaban J connectivity index is 1.77. The highest BCUT2D eigenvalue weighted by molar-refractivity contribution is 5.84. The second-order valence-corrected chi connectivity index (χ2v) is 5.43. The van der Waals surface area contributed by atoms with Gasteiger partial charge in [0.05, 0.1) is 7.11 Å². The fraction of sp³-hybridized carbons (Fsp3) is 0.562. The van der Waals surface area contributed by atoms with Crippen molar-refractivity contribution in [2.24, 2.45) is 0 Å². The SMILES string of the molecule is COc1cccc(NC(=O)O[C@@H](C)CN2CCCCC2)c1. The van der Waals surface area contributed by atoms with Crippen molar-refractivity contribution in [2.45, 2.75) is 32.3 Å². The molecule has 2 rings (SSSR count). The first kappa shape index (κ1) is 15.6. The Morgan fingerprint density at radius 1 is 1.33 bits per heavy atom. The minimum absolute atomic E-state index is 0.117. The summed E-state index contributed by atoms with van der Waals surface area (Å²) >= 11 is 0. The number of benzene rings is 1. The third-order valence-electron chi connectivity index (χ3n) is 3.59. The monoisotopic (exact) mass is 292 g/mol. The van der Waals surface area contributed by atoms with Gasteiger partial charge in [-0.1, -0.05) is 12.5 Å². The van der Waals surface area contributed by atoms with Gasteiger partial charge in [-0.05, 0) is 45.0 Å². The Morgan fingerprint density at radius 2 is 2.10 bits per heavy atom. The summed E-state index contributed by atoms with van der Waals surface area (Å²) in [5, 5.41) is 2.73. The van der Waals surface area contributed by atoms with E-state index in [1.54, 1.807) is 19.2 Å². The van der Waals surface area contributed by atoms with Crippen molar-refractivity contribution >= 4 is 11.8 Å². The lowest BCUT2D eigenvalue weighted by atomic mass is 10.1. The van der Waals surface area contributed by atoms with Crippen LogP contribution >= 0.6 is 0 Å². The van der Waals surface area contributed by atoms with Gasteiger partial charge in [0.25, 0.3) is 0 Å². The minimum Gasteiger partial charge on any atom is -0.497 e. The first-order valence-electron chi connectivity index (χ1n) is 7.51. The number of carbonyl (C=O) groups excluding carboxylic acids is 1. The predicted octanol–water partition coefficient (Wildman–Crippen LogP) is 3.12. The number of ether oxygens (including phenoxy) is 2. The molecule has 5 nitrogen and oxygen atoms in total. The number of nitrogens with one attached hydrogen (secondary N) is 1. The molecule has 1 amide bonds. The van der Waals surface area contributed by atoms with Gasteiger partial charge in [-0.15, -0.1) is 0 Å². The average molecular weight is 292 g/mol. The number of amides is 1. The zero-order valence-electron chi connectivity index (χ0n) is 12.8. The van der Waals surface area contributed by atoms with Crippen molar-refractivity contribution in [2.75, 3.05) is 32.1 Å². The normalized spacial score (nSPS) is 17.0. The molecule has 21 heavy (non-hydrogen) atoms. The molecule has 0 aromatic heterocycles. The molecule has 0 spiro atoms. The Labute approximate surface area is 126 Å². The van der Waals surface area contributed by atoms with Gasteiger partial charge in [0.1, 0.15) is 11.9 Å². The molecule has 1 heterocycles. The average Bonchev–Trinajstić information content (AvgIpc) is 2.48. The Kier molecular flexibility index (Phi) is 5.87. The lowest BCUT2D eigenvalue weighted by Gasteiger charge is -2.28. The van der Waals surface area contributed by atoms with Crippen LogP contribution in [0.4, 0.5) is 10.5 Å². The molecule has 1 atom stereocenters. The number of hydrogen-bond donors (Lipinski definition) is 1. The molecule has 1 fully saturated rings. The van der Waals surface area contributed by atoms with Crippen LogP contribution in [0, 0.1) is 0 Å². The summed E-state index contributed by atoms with van der Waals surface area (Å²) in [5.41, 5.74) is 0.671. The molecule has 0 bridgehead atoms. The van der Waals surface area contributed by atoms with Gasteiger partial charge < -0.3 is 9.47 Å². The fourth-order valence-electron chi connectivity index (χ4n) is 2.57. The van der Waals surface area contributed by atoms with Crippen molar-refractivity contribution in [3.63, 3.8) is 0 Å². The molecule has 0 aliphatic carbocycles. The van der Waals surface area contributed by atoms with E-state index in [1.807, 2.05) is 19.1 Å². The maximum atomic E-state index is 11.9. The molecule has 1 saturated heterocycles. The van der Waals surface area contributed by atoms with E-state index in [-0.39, 0.29) is 6.10 Å². The molecule has 1 aliphatic rings. The van der Waals surface area contributed by atoms with Crippen LogP contribution in [0.1, 0.15) is 26.2 Å². The summed E-state index contributed by atoms with van der Waals surface area (Å²) in [6.07, 6.45) is 3.24. The highest BCUT2D eigenvalue weighted by Crippen LogP contribution is 2.17. The summed E-state index contributed by atoms with van der Waals surface area (Å²) in [6, 6.07) is 7.22. The van der Waals surface area contributed by atoms with E-state index in [9.17, 15) is 4.79 Å².